The second kappa shape index (κ2) is 7.13. The first-order chi connectivity index (χ1) is 9.74. The quantitative estimate of drug-likeness (QED) is 0.605. The van der Waals surface area contributed by atoms with Crippen LogP contribution < -0.4 is 4.74 Å². The standard InChI is InChI=1S/C17H22O3/c1-3-14-11-15(9-10-16(14)17(18)19-2)20-12-13-7-5-4-6-8-13/h4-5,9-11,13H,3,6-8,12H2,1-2H3. The van der Waals surface area contributed by atoms with Gasteiger partial charge in [-0.05, 0) is 55.4 Å². The summed E-state index contributed by atoms with van der Waals surface area (Å²) in [6.45, 7) is 2.77. The third-order valence-corrected chi connectivity index (χ3v) is 3.73. The summed E-state index contributed by atoms with van der Waals surface area (Å²) in [5.41, 5.74) is 1.60. The summed E-state index contributed by atoms with van der Waals surface area (Å²) in [5.74, 6) is 1.15. The molecular weight excluding hydrogens is 252 g/mol. The van der Waals surface area contributed by atoms with E-state index < -0.39 is 0 Å². The summed E-state index contributed by atoms with van der Waals surface area (Å²) in [4.78, 5) is 11.6. The van der Waals surface area contributed by atoms with Gasteiger partial charge >= 0.3 is 5.97 Å². The van der Waals surface area contributed by atoms with Gasteiger partial charge in [-0.15, -0.1) is 0 Å². The largest absolute Gasteiger partial charge is 0.493 e. The van der Waals surface area contributed by atoms with Crippen LogP contribution in [0.4, 0.5) is 0 Å². The molecule has 1 aliphatic rings. The van der Waals surface area contributed by atoms with Gasteiger partial charge in [0.15, 0.2) is 0 Å². The number of allylic oxidation sites excluding steroid dienone is 2. The van der Waals surface area contributed by atoms with Crippen molar-refractivity contribution in [2.75, 3.05) is 13.7 Å². The van der Waals surface area contributed by atoms with Crippen molar-refractivity contribution in [3.8, 4) is 5.75 Å². The normalized spacial score (nSPS) is 17.8. The fraction of sp³-hybridized carbons (Fsp3) is 0.471. The predicted molar refractivity (Wildman–Crippen MR) is 79.1 cm³/mol. The molecule has 0 radical (unpaired) electrons. The molecule has 1 unspecified atom stereocenters. The molecule has 1 atom stereocenters. The molecule has 20 heavy (non-hydrogen) atoms. The SMILES string of the molecule is CCc1cc(OCC2CC=CCC2)ccc1C(=O)OC. The van der Waals surface area contributed by atoms with E-state index in [-0.39, 0.29) is 5.97 Å². The van der Waals surface area contributed by atoms with Crippen LogP contribution in [0.3, 0.4) is 0 Å². The van der Waals surface area contributed by atoms with Crippen molar-refractivity contribution in [2.24, 2.45) is 5.92 Å². The summed E-state index contributed by atoms with van der Waals surface area (Å²) >= 11 is 0. The van der Waals surface area contributed by atoms with E-state index in [1.165, 1.54) is 13.5 Å². The third kappa shape index (κ3) is 3.62. The van der Waals surface area contributed by atoms with Crippen molar-refractivity contribution in [1.82, 2.24) is 0 Å². The van der Waals surface area contributed by atoms with Crippen molar-refractivity contribution in [1.29, 1.82) is 0 Å². The van der Waals surface area contributed by atoms with Crippen LogP contribution in [0.5, 0.6) is 5.75 Å². The Balaban J connectivity index is 2.01. The van der Waals surface area contributed by atoms with E-state index in [1.807, 2.05) is 19.1 Å². The minimum absolute atomic E-state index is 0.286. The van der Waals surface area contributed by atoms with Crippen molar-refractivity contribution in [3.63, 3.8) is 0 Å². The smallest absolute Gasteiger partial charge is 0.338 e. The summed E-state index contributed by atoms with van der Waals surface area (Å²) < 4.78 is 10.7. The summed E-state index contributed by atoms with van der Waals surface area (Å²) in [6.07, 6.45) is 8.69. The van der Waals surface area contributed by atoms with Crippen molar-refractivity contribution in [3.05, 3.63) is 41.5 Å². The Bertz CT molecular complexity index is 491. The summed E-state index contributed by atoms with van der Waals surface area (Å²) in [5, 5.41) is 0. The first kappa shape index (κ1) is 14.6. The molecule has 3 nitrogen and oxygen atoms in total. The molecule has 0 spiro atoms. The molecule has 0 saturated carbocycles. The highest BCUT2D eigenvalue weighted by Crippen LogP contribution is 2.23. The minimum Gasteiger partial charge on any atom is -0.493 e. The Labute approximate surface area is 120 Å². The Morgan fingerprint density at radius 3 is 2.85 bits per heavy atom. The molecule has 0 fully saturated rings. The highest BCUT2D eigenvalue weighted by atomic mass is 16.5. The van der Waals surface area contributed by atoms with Crippen molar-refractivity contribution in [2.45, 2.75) is 32.6 Å². The zero-order valence-electron chi connectivity index (χ0n) is 12.2. The zero-order valence-corrected chi connectivity index (χ0v) is 12.2. The maximum Gasteiger partial charge on any atom is 0.338 e. The molecule has 1 aromatic carbocycles. The summed E-state index contributed by atoms with van der Waals surface area (Å²) in [6, 6.07) is 5.59. The van der Waals surface area contributed by atoms with Gasteiger partial charge in [-0.1, -0.05) is 19.1 Å². The van der Waals surface area contributed by atoms with E-state index in [9.17, 15) is 4.79 Å². The second-order valence-electron chi connectivity index (χ2n) is 5.13. The molecular formula is C17H22O3. The highest BCUT2D eigenvalue weighted by molar-refractivity contribution is 5.91. The molecule has 0 aliphatic heterocycles. The van der Waals surface area contributed by atoms with E-state index in [4.69, 9.17) is 9.47 Å². The number of rotatable bonds is 5. The molecule has 108 valence electrons. The number of methoxy groups -OCH3 is 1. The van der Waals surface area contributed by atoms with Crippen LogP contribution in [-0.4, -0.2) is 19.7 Å². The van der Waals surface area contributed by atoms with Crippen LogP contribution >= 0.6 is 0 Å². The Hall–Kier alpha value is -1.77. The number of hydrogen-bond acceptors (Lipinski definition) is 3. The van der Waals surface area contributed by atoms with E-state index in [0.717, 1.165) is 37.2 Å². The molecule has 2 rings (SSSR count). The van der Waals surface area contributed by atoms with Gasteiger partial charge in [-0.3, -0.25) is 0 Å². The Morgan fingerprint density at radius 1 is 1.35 bits per heavy atom. The number of carbonyl (C=O) groups is 1. The van der Waals surface area contributed by atoms with E-state index in [2.05, 4.69) is 12.2 Å². The predicted octanol–water partition coefficient (Wildman–Crippen LogP) is 3.77. The number of hydrogen-bond donors (Lipinski definition) is 0. The van der Waals surface area contributed by atoms with Crippen LogP contribution in [0.1, 0.15) is 42.1 Å². The minimum atomic E-state index is -0.286. The zero-order chi connectivity index (χ0) is 14.4. The Kier molecular flexibility index (Phi) is 5.22. The maximum atomic E-state index is 11.6. The molecule has 0 aromatic heterocycles. The van der Waals surface area contributed by atoms with Gasteiger partial charge in [0.05, 0.1) is 19.3 Å². The number of esters is 1. The fourth-order valence-corrected chi connectivity index (χ4v) is 2.48. The lowest BCUT2D eigenvalue weighted by Gasteiger charge is -2.18. The van der Waals surface area contributed by atoms with Crippen LogP contribution in [0, 0.1) is 5.92 Å². The van der Waals surface area contributed by atoms with E-state index in [1.54, 1.807) is 6.07 Å². The van der Waals surface area contributed by atoms with E-state index in [0.29, 0.717) is 11.5 Å². The number of benzene rings is 1. The first-order valence-corrected chi connectivity index (χ1v) is 7.23. The average molecular weight is 274 g/mol. The fourth-order valence-electron chi connectivity index (χ4n) is 2.48. The number of ether oxygens (including phenoxy) is 2. The van der Waals surface area contributed by atoms with Gasteiger partial charge in [0.2, 0.25) is 0 Å². The number of carbonyl (C=O) groups excluding carboxylic acids is 1. The van der Waals surface area contributed by atoms with Crippen molar-refractivity contribution < 1.29 is 14.3 Å². The van der Waals surface area contributed by atoms with Crippen LogP contribution in [-0.2, 0) is 11.2 Å². The molecule has 0 amide bonds. The monoisotopic (exact) mass is 274 g/mol. The van der Waals surface area contributed by atoms with Gasteiger partial charge in [-0.2, -0.15) is 0 Å². The lowest BCUT2D eigenvalue weighted by Crippen LogP contribution is -2.13. The molecule has 1 aromatic rings. The number of aryl methyl sites for hydroxylation is 1. The van der Waals surface area contributed by atoms with Gasteiger partial charge in [0.25, 0.3) is 0 Å². The lowest BCUT2D eigenvalue weighted by molar-refractivity contribution is 0.0599. The topological polar surface area (TPSA) is 35.5 Å². The van der Waals surface area contributed by atoms with Crippen LogP contribution in [0.15, 0.2) is 30.4 Å². The molecule has 0 bridgehead atoms. The van der Waals surface area contributed by atoms with Crippen LogP contribution in [0.2, 0.25) is 0 Å². The highest BCUT2D eigenvalue weighted by Gasteiger charge is 2.13. The van der Waals surface area contributed by atoms with Gasteiger partial charge in [-0.25, -0.2) is 4.79 Å². The Morgan fingerprint density at radius 2 is 2.20 bits per heavy atom. The van der Waals surface area contributed by atoms with Crippen LogP contribution in [0.25, 0.3) is 0 Å². The first-order valence-electron chi connectivity index (χ1n) is 7.23. The summed E-state index contributed by atoms with van der Waals surface area (Å²) in [7, 11) is 1.41. The van der Waals surface area contributed by atoms with Crippen molar-refractivity contribution >= 4 is 5.97 Å². The van der Waals surface area contributed by atoms with Gasteiger partial charge < -0.3 is 9.47 Å². The molecule has 1 aliphatic carbocycles. The van der Waals surface area contributed by atoms with Gasteiger partial charge in [0, 0.05) is 0 Å². The molecule has 3 heteroatoms. The maximum absolute atomic E-state index is 11.6. The molecule has 0 heterocycles. The third-order valence-electron chi connectivity index (χ3n) is 3.73. The molecule has 0 saturated heterocycles. The average Bonchev–Trinajstić information content (AvgIpc) is 2.52. The van der Waals surface area contributed by atoms with Gasteiger partial charge in [0.1, 0.15) is 5.75 Å². The second-order valence-corrected chi connectivity index (χ2v) is 5.13. The lowest BCUT2D eigenvalue weighted by atomic mass is 9.95. The van der Waals surface area contributed by atoms with E-state index >= 15 is 0 Å². The molecule has 0 N–H and O–H groups in total.